The number of fused-ring (bicyclic) bond motifs is 1. The predicted octanol–water partition coefficient (Wildman–Crippen LogP) is 2.59. The molecule has 0 aromatic carbocycles. The normalized spacial score (nSPS) is 28.0. The van der Waals surface area contributed by atoms with E-state index in [9.17, 15) is 0 Å². The number of nitrogens with zero attached hydrogens (tertiary/aromatic N) is 3. The quantitative estimate of drug-likeness (QED) is 0.396. The lowest BCUT2D eigenvalue weighted by Crippen LogP contribution is -2.31. The summed E-state index contributed by atoms with van der Waals surface area (Å²) in [5.41, 5.74) is 7.03. The zero-order valence-corrected chi connectivity index (χ0v) is 17.2. The Labute approximate surface area is 167 Å². The van der Waals surface area contributed by atoms with Gasteiger partial charge in [0.2, 0.25) is 0 Å². The van der Waals surface area contributed by atoms with Gasteiger partial charge < -0.3 is 25.1 Å². The van der Waals surface area contributed by atoms with E-state index in [0.717, 1.165) is 17.9 Å². The highest BCUT2D eigenvalue weighted by molar-refractivity contribution is 7.99. The van der Waals surface area contributed by atoms with E-state index in [1.165, 1.54) is 11.8 Å². The molecule has 150 valence electrons. The first-order valence-corrected chi connectivity index (χ1v) is 10.3. The molecule has 27 heavy (non-hydrogen) atoms. The summed E-state index contributed by atoms with van der Waals surface area (Å²) >= 11 is 7.68. The van der Waals surface area contributed by atoms with Gasteiger partial charge in [-0.3, -0.25) is 0 Å². The van der Waals surface area contributed by atoms with E-state index in [-0.39, 0.29) is 42.4 Å². The second kappa shape index (κ2) is 8.59. The molecule has 1 saturated heterocycles. The van der Waals surface area contributed by atoms with E-state index in [4.69, 9.17) is 36.7 Å². The molecule has 0 amide bonds. The number of ether oxygens (including phenoxy) is 3. The maximum absolute atomic E-state index is 9.06. The maximum Gasteiger partial charge on any atom is 0.191 e. The Balaban J connectivity index is 1.90. The number of nitrogens with two attached hydrogens (primary N) is 1. The van der Waals surface area contributed by atoms with Crippen molar-refractivity contribution in [3.05, 3.63) is 5.15 Å². The largest absolute Gasteiger partial charge is 0.394 e. The third-order valence-electron chi connectivity index (χ3n) is 4.20. The minimum atomic E-state index is -0.742. The molecular formula is C17H25ClN4O4S. The van der Waals surface area contributed by atoms with Gasteiger partial charge in [-0.15, -0.1) is 0 Å². The number of hydrogen-bond acceptors (Lipinski definition) is 9. The minimum absolute atomic E-state index is 0.0584. The van der Waals surface area contributed by atoms with Crippen molar-refractivity contribution in [3.8, 4) is 0 Å². The van der Waals surface area contributed by atoms with E-state index in [2.05, 4.69) is 21.9 Å². The molecule has 1 aliphatic heterocycles. The maximum atomic E-state index is 9.06. The SMILES string of the molecule is CCCSc1nc(Cl)c(N)c(N=C2CC(OCCO)C3OC(C)(C)OC23)n1. The predicted molar refractivity (Wildman–Crippen MR) is 105 cm³/mol. The molecular weight excluding hydrogens is 392 g/mol. The molecule has 1 aromatic rings. The van der Waals surface area contributed by atoms with Crippen molar-refractivity contribution in [2.24, 2.45) is 4.99 Å². The molecule has 10 heteroatoms. The van der Waals surface area contributed by atoms with Crippen molar-refractivity contribution in [3.63, 3.8) is 0 Å². The van der Waals surface area contributed by atoms with Crippen LogP contribution in [0.5, 0.6) is 0 Å². The van der Waals surface area contributed by atoms with Crippen molar-refractivity contribution < 1.29 is 19.3 Å². The number of thioether (sulfide) groups is 1. The highest BCUT2D eigenvalue weighted by Crippen LogP contribution is 2.40. The van der Waals surface area contributed by atoms with E-state index >= 15 is 0 Å². The summed E-state index contributed by atoms with van der Waals surface area (Å²) in [5, 5.41) is 9.79. The zero-order chi connectivity index (χ0) is 19.6. The van der Waals surface area contributed by atoms with Crippen LogP contribution in [0.4, 0.5) is 11.5 Å². The van der Waals surface area contributed by atoms with Crippen LogP contribution in [0.1, 0.15) is 33.6 Å². The van der Waals surface area contributed by atoms with Crippen molar-refractivity contribution in [2.75, 3.05) is 24.7 Å². The smallest absolute Gasteiger partial charge is 0.191 e. The van der Waals surface area contributed by atoms with Gasteiger partial charge in [0, 0.05) is 12.2 Å². The number of aliphatic imine (C=N–C) groups is 1. The highest BCUT2D eigenvalue weighted by atomic mass is 35.5. The fourth-order valence-corrected chi connectivity index (χ4v) is 4.02. The number of halogens is 1. The first kappa shape index (κ1) is 20.8. The van der Waals surface area contributed by atoms with Gasteiger partial charge in [0.05, 0.1) is 25.0 Å². The lowest BCUT2D eigenvalue weighted by molar-refractivity contribution is -0.160. The molecule has 3 N–H and O–H groups in total. The summed E-state index contributed by atoms with van der Waals surface area (Å²) < 4.78 is 17.7. The van der Waals surface area contributed by atoms with Gasteiger partial charge in [-0.1, -0.05) is 30.3 Å². The molecule has 0 bridgehead atoms. The Morgan fingerprint density at radius 2 is 2.19 bits per heavy atom. The molecule has 3 atom stereocenters. The van der Waals surface area contributed by atoms with E-state index in [1.807, 2.05) is 13.8 Å². The molecule has 3 unspecified atom stereocenters. The van der Waals surface area contributed by atoms with Crippen LogP contribution >= 0.6 is 23.4 Å². The van der Waals surface area contributed by atoms with Gasteiger partial charge in [-0.05, 0) is 20.3 Å². The first-order valence-electron chi connectivity index (χ1n) is 8.96. The number of aliphatic hydroxyl groups is 1. The van der Waals surface area contributed by atoms with Gasteiger partial charge in [0.1, 0.15) is 17.9 Å². The van der Waals surface area contributed by atoms with Crippen molar-refractivity contribution in [2.45, 2.75) is 62.9 Å². The number of aliphatic hydroxyl groups excluding tert-OH is 1. The van der Waals surface area contributed by atoms with Crippen LogP contribution < -0.4 is 5.73 Å². The van der Waals surface area contributed by atoms with Crippen LogP contribution in [0, 0.1) is 0 Å². The monoisotopic (exact) mass is 416 g/mol. The summed E-state index contributed by atoms with van der Waals surface area (Å²) in [6, 6.07) is 0. The minimum Gasteiger partial charge on any atom is -0.394 e. The first-order chi connectivity index (χ1) is 12.8. The molecule has 2 heterocycles. The summed E-state index contributed by atoms with van der Waals surface area (Å²) in [4.78, 5) is 13.3. The van der Waals surface area contributed by atoms with Crippen molar-refractivity contribution >= 4 is 40.6 Å². The lowest BCUT2D eigenvalue weighted by atomic mass is 10.2. The number of nitrogen functional groups attached to an aromatic ring is 1. The molecule has 2 fully saturated rings. The third kappa shape index (κ3) is 4.72. The molecule has 0 spiro atoms. The highest BCUT2D eigenvalue weighted by Gasteiger charge is 2.53. The van der Waals surface area contributed by atoms with E-state index in [0.29, 0.717) is 17.4 Å². The number of rotatable bonds is 7. The van der Waals surface area contributed by atoms with Gasteiger partial charge in [-0.25, -0.2) is 15.0 Å². The molecule has 1 aromatic heterocycles. The van der Waals surface area contributed by atoms with Crippen LogP contribution in [0.2, 0.25) is 5.15 Å². The fraction of sp³-hybridized carbons (Fsp3) is 0.706. The summed E-state index contributed by atoms with van der Waals surface area (Å²) in [5.74, 6) is 0.468. The zero-order valence-electron chi connectivity index (χ0n) is 15.6. The van der Waals surface area contributed by atoms with Gasteiger partial charge in [0.25, 0.3) is 0 Å². The Morgan fingerprint density at radius 1 is 1.41 bits per heavy atom. The third-order valence-corrected chi connectivity index (χ3v) is 5.54. The van der Waals surface area contributed by atoms with Crippen LogP contribution in [-0.4, -0.2) is 63.9 Å². The lowest BCUT2D eigenvalue weighted by Gasteiger charge is -2.21. The molecule has 2 aliphatic rings. The standard InChI is InChI=1S/C17H25ClN4O4S/c1-4-7-27-16-21-14(18)11(19)15(22-16)20-9-8-10(24-6-5-23)13-12(9)25-17(2,3)26-13/h10,12-13,23H,4-8,19H2,1-3H3. The van der Waals surface area contributed by atoms with E-state index < -0.39 is 5.79 Å². The topological polar surface area (TPSA) is 112 Å². The van der Waals surface area contributed by atoms with Crippen LogP contribution in [-0.2, 0) is 14.2 Å². The average molecular weight is 417 g/mol. The summed E-state index contributed by atoms with van der Waals surface area (Å²) in [7, 11) is 0. The summed E-state index contributed by atoms with van der Waals surface area (Å²) in [6.07, 6.45) is 0.592. The molecule has 1 saturated carbocycles. The fourth-order valence-electron chi connectivity index (χ4n) is 3.12. The van der Waals surface area contributed by atoms with Gasteiger partial charge >= 0.3 is 0 Å². The summed E-state index contributed by atoms with van der Waals surface area (Å²) in [6.45, 7) is 5.95. The Hall–Kier alpha value is -0.970. The average Bonchev–Trinajstić information content (AvgIpc) is 3.09. The molecule has 0 radical (unpaired) electrons. The second-order valence-electron chi connectivity index (χ2n) is 6.84. The van der Waals surface area contributed by atoms with E-state index in [1.54, 1.807) is 0 Å². The number of hydrogen-bond donors (Lipinski definition) is 2. The number of aromatic nitrogens is 2. The van der Waals surface area contributed by atoms with Crippen LogP contribution in [0.15, 0.2) is 10.1 Å². The van der Waals surface area contributed by atoms with Crippen molar-refractivity contribution in [1.29, 1.82) is 0 Å². The molecule has 1 aliphatic carbocycles. The van der Waals surface area contributed by atoms with Crippen LogP contribution in [0.3, 0.4) is 0 Å². The van der Waals surface area contributed by atoms with Gasteiger partial charge in [-0.2, -0.15) is 0 Å². The second-order valence-corrected chi connectivity index (χ2v) is 8.26. The van der Waals surface area contributed by atoms with Crippen molar-refractivity contribution in [1.82, 2.24) is 9.97 Å². The Bertz CT molecular complexity index is 718. The Kier molecular flexibility index (Phi) is 6.60. The Morgan fingerprint density at radius 3 is 2.89 bits per heavy atom. The number of anilines is 1. The van der Waals surface area contributed by atoms with Gasteiger partial charge in [0.15, 0.2) is 21.9 Å². The molecule has 3 rings (SSSR count). The van der Waals surface area contributed by atoms with Crippen LogP contribution in [0.25, 0.3) is 0 Å². The molecule has 8 nitrogen and oxygen atoms in total.